The monoisotopic (exact) mass is 427 g/mol. The fourth-order valence-electron chi connectivity index (χ4n) is 3.22. The van der Waals surface area contributed by atoms with Crippen molar-refractivity contribution < 1.29 is 17.7 Å². The second kappa shape index (κ2) is 8.72. The SMILES string of the molecule is O=C(NCc1cccnc1)c1nc(-c2ccc(S(=O)(=O)N3CCCCC3)cc2)no1. The predicted molar refractivity (Wildman–Crippen MR) is 108 cm³/mol. The lowest BCUT2D eigenvalue weighted by Gasteiger charge is -2.25. The number of pyridine rings is 1. The number of carbonyl (C=O) groups is 1. The van der Waals surface area contributed by atoms with Crippen molar-refractivity contribution >= 4 is 15.9 Å². The first kappa shape index (κ1) is 20.2. The molecule has 9 nitrogen and oxygen atoms in total. The van der Waals surface area contributed by atoms with E-state index in [0.29, 0.717) is 18.7 Å². The van der Waals surface area contributed by atoms with Crippen molar-refractivity contribution in [3.8, 4) is 11.4 Å². The van der Waals surface area contributed by atoms with Gasteiger partial charge in [-0.25, -0.2) is 8.42 Å². The van der Waals surface area contributed by atoms with Gasteiger partial charge in [0.05, 0.1) is 4.90 Å². The van der Waals surface area contributed by atoms with E-state index in [1.807, 2.05) is 6.07 Å². The van der Waals surface area contributed by atoms with Gasteiger partial charge in [0.2, 0.25) is 15.8 Å². The highest BCUT2D eigenvalue weighted by Crippen LogP contribution is 2.23. The number of hydrogen-bond acceptors (Lipinski definition) is 7. The molecule has 2 aromatic heterocycles. The molecule has 0 aliphatic carbocycles. The van der Waals surface area contributed by atoms with Crippen LogP contribution in [0.2, 0.25) is 0 Å². The van der Waals surface area contributed by atoms with Crippen molar-refractivity contribution in [1.29, 1.82) is 0 Å². The van der Waals surface area contributed by atoms with Gasteiger partial charge in [0.1, 0.15) is 0 Å². The number of sulfonamides is 1. The first-order valence-electron chi connectivity index (χ1n) is 9.65. The van der Waals surface area contributed by atoms with E-state index in [1.54, 1.807) is 30.6 Å². The molecule has 1 amide bonds. The number of hydrogen-bond donors (Lipinski definition) is 1. The number of amides is 1. The van der Waals surface area contributed by atoms with E-state index in [-0.39, 0.29) is 23.2 Å². The van der Waals surface area contributed by atoms with E-state index in [4.69, 9.17) is 4.52 Å². The molecular weight excluding hydrogens is 406 g/mol. The Morgan fingerprint density at radius 3 is 2.57 bits per heavy atom. The Balaban J connectivity index is 1.43. The topological polar surface area (TPSA) is 118 Å². The Morgan fingerprint density at radius 2 is 1.87 bits per heavy atom. The molecular formula is C20H21N5O4S. The summed E-state index contributed by atoms with van der Waals surface area (Å²) in [7, 11) is -3.50. The molecule has 1 aliphatic rings. The molecule has 1 fully saturated rings. The molecule has 10 heteroatoms. The first-order valence-corrected chi connectivity index (χ1v) is 11.1. The average Bonchev–Trinajstić information content (AvgIpc) is 3.29. The maximum absolute atomic E-state index is 12.7. The summed E-state index contributed by atoms with van der Waals surface area (Å²) in [4.78, 5) is 20.5. The number of benzene rings is 1. The van der Waals surface area contributed by atoms with Crippen LogP contribution in [-0.4, -0.2) is 46.8 Å². The maximum Gasteiger partial charge on any atom is 0.316 e. The van der Waals surface area contributed by atoms with Crippen molar-refractivity contribution in [3.05, 3.63) is 60.2 Å². The fraction of sp³-hybridized carbons (Fsp3) is 0.300. The molecule has 0 saturated carbocycles. The van der Waals surface area contributed by atoms with Crippen molar-refractivity contribution in [2.24, 2.45) is 0 Å². The summed E-state index contributed by atoms with van der Waals surface area (Å²) in [6, 6.07) is 9.89. The summed E-state index contributed by atoms with van der Waals surface area (Å²) >= 11 is 0. The van der Waals surface area contributed by atoms with Crippen LogP contribution in [0.15, 0.2) is 58.2 Å². The van der Waals surface area contributed by atoms with Crippen molar-refractivity contribution in [2.75, 3.05) is 13.1 Å². The number of nitrogens with one attached hydrogen (secondary N) is 1. The zero-order valence-corrected chi connectivity index (χ0v) is 17.0. The van der Waals surface area contributed by atoms with E-state index in [0.717, 1.165) is 24.8 Å². The predicted octanol–water partition coefficient (Wildman–Crippen LogP) is 2.24. The molecule has 30 heavy (non-hydrogen) atoms. The number of piperidine rings is 1. The minimum Gasteiger partial charge on any atom is -0.344 e. The van der Waals surface area contributed by atoms with E-state index in [2.05, 4.69) is 20.4 Å². The highest BCUT2D eigenvalue weighted by atomic mass is 32.2. The third-order valence-corrected chi connectivity index (χ3v) is 6.77. The Hall–Kier alpha value is -3.11. The van der Waals surface area contributed by atoms with Crippen molar-refractivity contribution in [2.45, 2.75) is 30.7 Å². The lowest BCUT2D eigenvalue weighted by atomic mass is 10.2. The molecule has 1 saturated heterocycles. The Bertz CT molecular complexity index is 1110. The second-order valence-electron chi connectivity index (χ2n) is 6.96. The van der Waals surface area contributed by atoms with Gasteiger partial charge in [0, 0.05) is 37.6 Å². The smallest absolute Gasteiger partial charge is 0.316 e. The molecule has 0 spiro atoms. The maximum atomic E-state index is 12.7. The van der Waals surface area contributed by atoms with Crippen LogP contribution in [0.4, 0.5) is 0 Å². The van der Waals surface area contributed by atoms with E-state index in [1.165, 1.54) is 16.4 Å². The van der Waals surface area contributed by atoms with Gasteiger partial charge in [-0.05, 0) is 48.7 Å². The normalized spacial score (nSPS) is 15.1. The molecule has 1 N–H and O–H groups in total. The summed E-state index contributed by atoms with van der Waals surface area (Å²) in [6.45, 7) is 1.38. The molecule has 0 bridgehead atoms. The van der Waals surface area contributed by atoms with Gasteiger partial charge < -0.3 is 9.84 Å². The van der Waals surface area contributed by atoms with Crippen molar-refractivity contribution in [1.82, 2.24) is 24.7 Å². The van der Waals surface area contributed by atoms with E-state index < -0.39 is 15.9 Å². The van der Waals surface area contributed by atoms with E-state index >= 15 is 0 Å². The quantitative estimate of drug-likeness (QED) is 0.641. The molecule has 3 aromatic rings. The number of carbonyl (C=O) groups excluding carboxylic acids is 1. The Labute approximate surface area is 174 Å². The van der Waals surface area contributed by atoms with Crippen molar-refractivity contribution in [3.63, 3.8) is 0 Å². The summed E-state index contributed by atoms with van der Waals surface area (Å²) in [5, 5.41) is 6.51. The van der Waals surface area contributed by atoms with Crippen LogP contribution in [0.5, 0.6) is 0 Å². The van der Waals surface area contributed by atoms with Crippen LogP contribution >= 0.6 is 0 Å². The highest BCUT2D eigenvalue weighted by Gasteiger charge is 2.26. The molecule has 3 heterocycles. The number of aromatic nitrogens is 3. The van der Waals surface area contributed by atoms with Crippen LogP contribution in [0.25, 0.3) is 11.4 Å². The minimum atomic E-state index is -3.50. The molecule has 1 aromatic carbocycles. The standard InChI is InChI=1S/C20H21N5O4S/c26-19(22-14-15-5-4-10-21-13-15)20-23-18(24-29-20)16-6-8-17(9-7-16)30(27,28)25-11-2-1-3-12-25/h4-10,13H,1-3,11-12,14H2,(H,22,26). The Morgan fingerprint density at radius 1 is 1.10 bits per heavy atom. The van der Waals surface area contributed by atoms with Gasteiger partial charge in [0.15, 0.2) is 0 Å². The van der Waals surface area contributed by atoms with Gasteiger partial charge in [-0.2, -0.15) is 9.29 Å². The summed E-state index contributed by atoms with van der Waals surface area (Å²) in [6.07, 6.45) is 6.12. The molecule has 156 valence electrons. The minimum absolute atomic E-state index is 0.168. The van der Waals surface area contributed by atoms with Crippen LogP contribution in [0.1, 0.15) is 35.5 Å². The van der Waals surface area contributed by atoms with Crippen LogP contribution in [0, 0.1) is 0 Å². The second-order valence-corrected chi connectivity index (χ2v) is 8.89. The molecule has 1 aliphatic heterocycles. The molecule has 4 rings (SSSR count). The van der Waals surface area contributed by atoms with Crippen LogP contribution < -0.4 is 5.32 Å². The number of nitrogens with zero attached hydrogens (tertiary/aromatic N) is 4. The van der Waals surface area contributed by atoms with Crippen LogP contribution in [0.3, 0.4) is 0 Å². The molecule has 0 atom stereocenters. The Kier molecular flexibility index (Phi) is 5.86. The molecule has 0 unspecified atom stereocenters. The highest BCUT2D eigenvalue weighted by molar-refractivity contribution is 7.89. The zero-order chi connectivity index (χ0) is 21.0. The summed E-state index contributed by atoms with van der Waals surface area (Å²) < 4.78 is 32.0. The summed E-state index contributed by atoms with van der Waals surface area (Å²) in [5.41, 5.74) is 1.40. The fourth-order valence-corrected chi connectivity index (χ4v) is 4.74. The van der Waals surface area contributed by atoms with E-state index in [9.17, 15) is 13.2 Å². The lowest BCUT2D eigenvalue weighted by Crippen LogP contribution is -2.35. The zero-order valence-electron chi connectivity index (χ0n) is 16.2. The summed E-state index contributed by atoms with van der Waals surface area (Å²) in [5.74, 6) is -0.454. The third kappa shape index (κ3) is 4.39. The molecule has 0 radical (unpaired) electrons. The van der Waals surface area contributed by atoms with Gasteiger partial charge in [-0.1, -0.05) is 17.6 Å². The van der Waals surface area contributed by atoms with Gasteiger partial charge in [0.25, 0.3) is 0 Å². The third-order valence-electron chi connectivity index (χ3n) is 4.86. The van der Waals surface area contributed by atoms with Gasteiger partial charge >= 0.3 is 11.8 Å². The van der Waals surface area contributed by atoms with Crippen LogP contribution in [-0.2, 0) is 16.6 Å². The largest absolute Gasteiger partial charge is 0.344 e. The first-order chi connectivity index (χ1) is 14.5. The average molecular weight is 427 g/mol. The number of rotatable bonds is 6. The van der Waals surface area contributed by atoms with Gasteiger partial charge in [-0.3, -0.25) is 9.78 Å². The lowest BCUT2D eigenvalue weighted by molar-refractivity contribution is 0.0907. The van der Waals surface area contributed by atoms with Gasteiger partial charge in [-0.15, -0.1) is 0 Å².